The molecule has 3 aromatic rings. The summed E-state index contributed by atoms with van der Waals surface area (Å²) < 4.78 is 7.94. The monoisotopic (exact) mass is 597 g/mol. The standard InChI is InChI=1S/C33H43N9O2/c1-23(43)39-12-6-30-28(22-39)33(37-42(30)26-7-15-44-16-8-26)41-11-2-3-24-17-29(35-19-31(24)41)25-4-5-32(36-18-25)40-20-27(21-40)38-13-9-34-10-14-38/h4-5,17-19,26-27,34H,2-3,6-16,20-22H2,1H3. The number of fused-ring (bicyclic) bond motifs is 2. The number of anilines is 3. The molecule has 3 aromatic heterocycles. The summed E-state index contributed by atoms with van der Waals surface area (Å²) >= 11 is 0. The van der Waals surface area contributed by atoms with Crippen molar-refractivity contribution in [3.05, 3.63) is 47.4 Å². The summed E-state index contributed by atoms with van der Waals surface area (Å²) in [5.41, 5.74) is 6.91. The molecule has 0 atom stereocenters. The van der Waals surface area contributed by atoms with E-state index in [9.17, 15) is 4.79 Å². The number of carbonyl (C=O) groups is 1. The summed E-state index contributed by atoms with van der Waals surface area (Å²) in [6.07, 6.45) is 8.86. The van der Waals surface area contributed by atoms with Gasteiger partial charge in [0.05, 0.1) is 30.2 Å². The van der Waals surface area contributed by atoms with Crippen molar-refractivity contribution in [2.24, 2.45) is 0 Å². The Hall–Kier alpha value is -3.54. The van der Waals surface area contributed by atoms with E-state index in [2.05, 4.69) is 42.9 Å². The highest BCUT2D eigenvalue weighted by atomic mass is 16.5. The molecule has 11 nitrogen and oxygen atoms in total. The van der Waals surface area contributed by atoms with Crippen molar-refractivity contribution in [1.29, 1.82) is 0 Å². The summed E-state index contributed by atoms with van der Waals surface area (Å²) in [6.45, 7) is 12.1. The second kappa shape index (κ2) is 11.8. The van der Waals surface area contributed by atoms with Gasteiger partial charge < -0.3 is 24.8 Å². The lowest BCUT2D eigenvalue weighted by molar-refractivity contribution is -0.129. The van der Waals surface area contributed by atoms with Crippen LogP contribution in [-0.4, -0.2) is 107 Å². The quantitative estimate of drug-likeness (QED) is 0.477. The largest absolute Gasteiger partial charge is 0.381 e. The van der Waals surface area contributed by atoms with Crippen LogP contribution in [0.15, 0.2) is 30.6 Å². The maximum atomic E-state index is 12.4. The molecule has 0 bridgehead atoms. The third-order valence-electron chi connectivity index (χ3n) is 10.3. The van der Waals surface area contributed by atoms with Crippen LogP contribution in [0.4, 0.5) is 17.3 Å². The number of amides is 1. The van der Waals surface area contributed by atoms with Crippen molar-refractivity contribution in [2.75, 3.05) is 75.4 Å². The van der Waals surface area contributed by atoms with Crippen molar-refractivity contribution in [1.82, 2.24) is 34.9 Å². The molecule has 1 N–H and O–H groups in total. The fraction of sp³-hybridized carbons (Fsp3) is 0.576. The predicted octanol–water partition coefficient (Wildman–Crippen LogP) is 2.77. The highest BCUT2D eigenvalue weighted by Crippen LogP contribution is 2.40. The highest BCUT2D eigenvalue weighted by molar-refractivity contribution is 5.75. The first-order valence-electron chi connectivity index (χ1n) is 16.5. The van der Waals surface area contributed by atoms with Gasteiger partial charge >= 0.3 is 0 Å². The molecular formula is C33H43N9O2. The molecule has 3 saturated heterocycles. The number of aryl methyl sites for hydroxylation is 1. The van der Waals surface area contributed by atoms with Gasteiger partial charge in [-0.1, -0.05) is 0 Å². The molecule has 0 radical (unpaired) electrons. The van der Waals surface area contributed by atoms with Crippen molar-refractivity contribution < 1.29 is 9.53 Å². The van der Waals surface area contributed by atoms with E-state index in [-0.39, 0.29) is 5.91 Å². The number of rotatable bonds is 5. The summed E-state index contributed by atoms with van der Waals surface area (Å²) in [5, 5.41) is 8.73. The van der Waals surface area contributed by atoms with Crippen LogP contribution in [0.1, 0.15) is 49.0 Å². The van der Waals surface area contributed by atoms with Gasteiger partial charge in [0.1, 0.15) is 5.82 Å². The van der Waals surface area contributed by atoms with Crippen molar-refractivity contribution in [3.8, 4) is 11.3 Å². The molecule has 0 saturated carbocycles. The van der Waals surface area contributed by atoms with Crippen LogP contribution in [0.2, 0.25) is 0 Å². The molecule has 5 aliphatic rings. The Morgan fingerprint density at radius 1 is 0.977 bits per heavy atom. The maximum absolute atomic E-state index is 12.4. The smallest absolute Gasteiger partial charge is 0.219 e. The van der Waals surface area contributed by atoms with Crippen LogP contribution in [0, 0.1) is 0 Å². The minimum atomic E-state index is 0.124. The second-order valence-electron chi connectivity index (χ2n) is 12.9. The zero-order chi connectivity index (χ0) is 29.6. The van der Waals surface area contributed by atoms with Crippen LogP contribution in [0.5, 0.6) is 0 Å². The van der Waals surface area contributed by atoms with E-state index < -0.39 is 0 Å². The molecule has 232 valence electrons. The predicted molar refractivity (Wildman–Crippen MR) is 169 cm³/mol. The molecular weight excluding hydrogens is 554 g/mol. The number of piperazine rings is 1. The second-order valence-corrected chi connectivity index (χ2v) is 12.9. The van der Waals surface area contributed by atoms with E-state index in [4.69, 9.17) is 19.8 Å². The van der Waals surface area contributed by atoms with Gasteiger partial charge in [0, 0.05) is 108 Å². The number of nitrogens with zero attached hydrogens (tertiary/aromatic N) is 8. The first-order chi connectivity index (χ1) is 21.6. The first-order valence-corrected chi connectivity index (χ1v) is 16.5. The zero-order valence-electron chi connectivity index (χ0n) is 25.7. The van der Waals surface area contributed by atoms with Gasteiger partial charge in [-0.3, -0.25) is 19.4 Å². The van der Waals surface area contributed by atoms with Gasteiger partial charge in [-0.15, -0.1) is 0 Å². The van der Waals surface area contributed by atoms with Gasteiger partial charge in [0.2, 0.25) is 5.91 Å². The van der Waals surface area contributed by atoms with Gasteiger partial charge in [-0.25, -0.2) is 4.98 Å². The lowest BCUT2D eigenvalue weighted by Gasteiger charge is -2.47. The molecule has 44 heavy (non-hydrogen) atoms. The fourth-order valence-corrected chi connectivity index (χ4v) is 7.65. The number of hydrogen-bond acceptors (Lipinski definition) is 9. The number of hydrogen-bond donors (Lipinski definition) is 1. The SMILES string of the molecule is CC(=O)N1CCc2c(c(N3CCCc4cc(-c5ccc(N6CC(N7CCNCC7)C6)nc5)ncc43)nn2C2CCOCC2)C1. The van der Waals surface area contributed by atoms with Gasteiger partial charge in [-0.05, 0) is 49.4 Å². The van der Waals surface area contributed by atoms with E-state index in [0.717, 1.165) is 126 Å². The Morgan fingerprint density at radius 3 is 2.59 bits per heavy atom. The van der Waals surface area contributed by atoms with Crippen LogP contribution in [0.3, 0.4) is 0 Å². The van der Waals surface area contributed by atoms with E-state index in [1.807, 2.05) is 17.3 Å². The van der Waals surface area contributed by atoms with Crippen molar-refractivity contribution in [2.45, 2.75) is 57.7 Å². The summed E-state index contributed by atoms with van der Waals surface area (Å²) in [6, 6.07) is 7.54. The number of pyridine rings is 2. The summed E-state index contributed by atoms with van der Waals surface area (Å²) in [5.74, 6) is 2.17. The molecule has 0 aromatic carbocycles. The van der Waals surface area contributed by atoms with E-state index in [0.29, 0.717) is 18.6 Å². The molecule has 3 fully saturated rings. The Balaban J connectivity index is 1.03. The molecule has 8 rings (SSSR count). The minimum absolute atomic E-state index is 0.124. The Kier molecular flexibility index (Phi) is 7.47. The van der Waals surface area contributed by atoms with Crippen molar-refractivity contribution in [3.63, 3.8) is 0 Å². The zero-order valence-corrected chi connectivity index (χ0v) is 25.7. The number of carbonyl (C=O) groups excluding carboxylic acids is 1. The van der Waals surface area contributed by atoms with E-state index in [1.54, 1.807) is 6.92 Å². The minimum Gasteiger partial charge on any atom is -0.381 e. The number of nitrogens with one attached hydrogen (secondary N) is 1. The fourth-order valence-electron chi connectivity index (χ4n) is 7.65. The lowest BCUT2D eigenvalue weighted by Crippen LogP contribution is -2.63. The average Bonchev–Trinajstić information content (AvgIpc) is 3.43. The highest BCUT2D eigenvalue weighted by Gasteiger charge is 2.35. The van der Waals surface area contributed by atoms with E-state index >= 15 is 0 Å². The maximum Gasteiger partial charge on any atom is 0.219 e. The first kappa shape index (κ1) is 28.0. The number of ether oxygens (including phenoxy) is 1. The number of aromatic nitrogens is 4. The molecule has 11 heteroatoms. The Morgan fingerprint density at radius 2 is 1.82 bits per heavy atom. The molecule has 0 aliphatic carbocycles. The Bertz CT molecular complexity index is 1500. The van der Waals surface area contributed by atoms with Crippen LogP contribution in [0.25, 0.3) is 11.3 Å². The third-order valence-corrected chi connectivity index (χ3v) is 10.3. The molecule has 8 heterocycles. The molecule has 5 aliphatic heterocycles. The Labute approximate surface area is 259 Å². The van der Waals surface area contributed by atoms with Gasteiger partial charge in [-0.2, -0.15) is 5.10 Å². The van der Waals surface area contributed by atoms with E-state index in [1.165, 1.54) is 16.8 Å². The van der Waals surface area contributed by atoms with Crippen molar-refractivity contribution >= 4 is 23.2 Å². The average molecular weight is 598 g/mol. The third kappa shape index (κ3) is 5.14. The molecule has 0 spiro atoms. The van der Waals surface area contributed by atoms with Crippen LogP contribution in [-0.2, 0) is 28.9 Å². The normalized spacial score (nSPS) is 21.6. The van der Waals surface area contributed by atoms with Crippen LogP contribution < -0.4 is 15.1 Å². The summed E-state index contributed by atoms with van der Waals surface area (Å²) in [7, 11) is 0. The van der Waals surface area contributed by atoms with Gasteiger partial charge in [0.15, 0.2) is 5.82 Å². The van der Waals surface area contributed by atoms with Gasteiger partial charge in [0.25, 0.3) is 0 Å². The topological polar surface area (TPSA) is 94.9 Å². The molecule has 0 unspecified atom stereocenters. The lowest BCUT2D eigenvalue weighted by atomic mass is 9.99. The summed E-state index contributed by atoms with van der Waals surface area (Å²) in [4.78, 5) is 31.5. The molecule has 1 amide bonds. The van der Waals surface area contributed by atoms with Crippen LogP contribution >= 0.6 is 0 Å².